The molecule has 0 saturated carbocycles. The molecule has 138 valence electrons. The summed E-state index contributed by atoms with van der Waals surface area (Å²) in [5.41, 5.74) is 2.55. The van der Waals surface area contributed by atoms with E-state index < -0.39 is 0 Å². The molecule has 0 unspecified atom stereocenters. The van der Waals surface area contributed by atoms with Gasteiger partial charge in [0.05, 0.1) is 0 Å². The number of hydrogen-bond donors (Lipinski definition) is 0. The van der Waals surface area contributed by atoms with E-state index in [1.165, 1.54) is 0 Å². The zero-order valence-electron chi connectivity index (χ0n) is 14.7. The van der Waals surface area contributed by atoms with Crippen molar-refractivity contribution < 1.29 is 23.4 Å². The van der Waals surface area contributed by atoms with Gasteiger partial charge in [-0.15, -0.1) is 10.2 Å². The van der Waals surface area contributed by atoms with E-state index in [-0.39, 0.29) is 18.5 Å². The highest BCUT2D eigenvalue weighted by Crippen LogP contribution is 2.36. The highest BCUT2D eigenvalue weighted by Gasteiger charge is 2.18. The molecule has 4 rings (SSSR count). The lowest BCUT2D eigenvalue weighted by molar-refractivity contribution is -0.131. The number of thioether (sulfide) groups is 1. The number of aryl methyl sites for hydroxylation is 2. The second kappa shape index (κ2) is 7.32. The van der Waals surface area contributed by atoms with Gasteiger partial charge in [-0.3, -0.25) is 4.79 Å². The van der Waals surface area contributed by atoms with Gasteiger partial charge >= 0.3 is 5.97 Å². The zero-order valence-corrected chi connectivity index (χ0v) is 15.5. The molecule has 0 saturated heterocycles. The first-order chi connectivity index (χ1) is 13.1. The van der Waals surface area contributed by atoms with Crippen molar-refractivity contribution in [3.8, 4) is 28.7 Å². The Bertz CT molecular complexity index is 981. The Kier molecular flexibility index (Phi) is 4.72. The first-order valence-corrected chi connectivity index (χ1v) is 9.22. The largest absolute Gasteiger partial charge is 0.454 e. The average molecular weight is 384 g/mol. The van der Waals surface area contributed by atoms with Gasteiger partial charge in [-0.2, -0.15) is 0 Å². The lowest BCUT2D eigenvalue weighted by Crippen LogP contribution is -2.12. The van der Waals surface area contributed by atoms with Gasteiger partial charge in [-0.05, 0) is 43.2 Å². The molecule has 0 bridgehead atoms. The molecule has 1 aliphatic heterocycles. The fourth-order valence-corrected chi connectivity index (χ4v) is 3.18. The number of para-hydroxylation sites is 1. The normalized spacial score (nSPS) is 12.2. The number of carbonyl (C=O) groups is 1. The molecule has 7 nitrogen and oxygen atoms in total. The van der Waals surface area contributed by atoms with Crippen LogP contribution in [0.5, 0.6) is 17.2 Å². The van der Waals surface area contributed by atoms with Gasteiger partial charge in [0.25, 0.3) is 5.22 Å². The van der Waals surface area contributed by atoms with Crippen LogP contribution in [0.4, 0.5) is 0 Å². The standard InChI is InChI=1S/C19H16N2O5S/c1-11-4-3-5-12(2)17(11)25-16(22)9-27-19-21-20-18(26-19)13-6-7-14-15(8-13)24-10-23-14/h3-8H,9-10H2,1-2H3. The monoisotopic (exact) mass is 384 g/mol. The van der Waals surface area contributed by atoms with Crippen LogP contribution in [0.2, 0.25) is 0 Å². The molecule has 2 aromatic carbocycles. The third-order valence-corrected chi connectivity index (χ3v) is 4.76. The predicted molar refractivity (Wildman–Crippen MR) is 98.1 cm³/mol. The summed E-state index contributed by atoms with van der Waals surface area (Å²) < 4.78 is 21.7. The molecule has 2 heterocycles. The lowest BCUT2D eigenvalue weighted by Gasteiger charge is -2.09. The van der Waals surface area contributed by atoms with E-state index in [1.54, 1.807) is 12.1 Å². The van der Waals surface area contributed by atoms with Gasteiger partial charge in [0.2, 0.25) is 12.7 Å². The van der Waals surface area contributed by atoms with Crippen LogP contribution < -0.4 is 14.2 Å². The van der Waals surface area contributed by atoms with Gasteiger partial charge < -0.3 is 18.6 Å². The summed E-state index contributed by atoms with van der Waals surface area (Å²) in [4.78, 5) is 12.1. The molecular weight excluding hydrogens is 368 g/mol. The molecule has 1 aliphatic rings. The van der Waals surface area contributed by atoms with Gasteiger partial charge in [0.15, 0.2) is 11.5 Å². The van der Waals surface area contributed by atoms with Crippen LogP contribution in [-0.2, 0) is 4.79 Å². The van der Waals surface area contributed by atoms with Gasteiger partial charge in [0, 0.05) is 5.56 Å². The van der Waals surface area contributed by atoms with Gasteiger partial charge in [0.1, 0.15) is 11.5 Å². The summed E-state index contributed by atoms with van der Waals surface area (Å²) in [7, 11) is 0. The second-order valence-electron chi connectivity index (χ2n) is 5.92. The topological polar surface area (TPSA) is 83.7 Å². The number of carbonyl (C=O) groups excluding carboxylic acids is 1. The summed E-state index contributed by atoms with van der Waals surface area (Å²) >= 11 is 1.13. The first kappa shape index (κ1) is 17.4. The second-order valence-corrected chi connectivity index (χ2v) is 6.85. The van der Waals surface area contributed by atoms with E-state index in [2.05, 4.69) is 10.2 Å². The maximum Gasteiger partial charge on any atom is 0.321 e. The fourth-order valence-electron chi connectivity index (χ4n) is 2.64. The predicted octanol–water partition coefficient (Wildman–Crippen LogP) is 3.78. The van der Waals surface area contributed by atoms with E-state index >= 15 is 0 Å². The van der Waals surface area contributed by atoms with Crippen molar-refractivity contribution in [2.24, 2.45) is 0 Å². The molecule has 0 radical (unpaired) electrons. The Labute approximate surface area is 159 Å². The number of fused-ring (bicyclic) bond motifs is 1. The van der Waals surface area contributed by atoms with Crippen molar-refractivity contribution >= 4 is 17.7 Å². The van der Waals surface area contributed by atoms with E-state index in [9.17, 15) is 4.79 Å². The minimum Gasteiger partial charge on any atom is -0.454 e. The summed E-state index contributed by atoms with van der Waals surface area (Å²) in [6.07, 6.45) is 0. The first-order valence-electron chi connectivity index (χ1n) is 8.23. The highest BCUT2D eigenvalue weighted by atomic mass is 32.2. The Morgan fingerprint density at radius 1 is 1.11 bits per heavy atom. The molecule has 8 heteroatoms. The Balaban J connectivity index is 1.39. The van der Waals surface area contributed by atoms with Crippen LogP contribution >= 0.6 is 11.8 Å². The van der Waals surface area contributed by atoms with Crippen LogP contribution in [0.3, 0.4) is 0 Å². The van der Waals surface area contributed by atoms with Crippen LogP contribution in [-0.4, -0.2) is 28.7 Å². The molecule has 0 atom stereocenters. The van der Waals surface area contributed by atoms with E-state index in [0.29, 0.717) is 28.4 Å². The summed E-state index contributed by atoms with van der Waals surface area (Å²) in [5.74, 6) is 1.95. The average Bonchev–Trinajstić information content (AvgIpc) is 3.31. The Morgan fingerprint density at radius 3 is 2.70 bits per heavy atom. The molecule has 0 N–H and O–H groups in total. The molecule has 0 amide bonds. The van der Waals surface area contributed by atoms with Crippen molar-refractivity contribution in [1.82, 2.24) is 10.2 Å². The molecule has 3 aromatic rings. The zero-order chi connectivity index (χ0) is 18.8. The van der Waals surface area contributed by atoms with E-state index in [0.717, 1.165) is 28.5 Å². The van der Waals surface area contributed by atoms with Crippen molar-refractivity contribution in [3.63, 3.8) is 0 Å². The summed E-state index contributed by atoms with van der Waals surface area (Å²) in [5, 5.41) is 8.28. The number of ether oxygens (including phenoxy) is 3. The summed E-state index contributed by atoms with van der Waals surface area (Å²) in [6.45, 7) is 4.00. The lowest BCUT2D eigenvalue weighted by atomic mass is 10.1. The minimum absolute atomic E-state index is 0.0660. The molecule has 0 aliphatic carbocycles. The Morgan fingerprint density at radius 2 is 1.89 bits per heavy atom. The summed E-state index contributed by atoms with van der Waals surface area (Å²) in [6, 6.07) is 11.1. The van der Waals surface area contributed by atoms with Crippen LogP contribution in [0, 0.1) is 13.8 Å². The molecule has 27 heavy (non-hydrogen) atoms. The molecule has 1 aromatic heterocycles. The quantitative estimate of drug-likeness (QED) is 0.373. The number of nitrogens with zero attached hydrogens (tertiary/aromatic N) is 2. The van der Waals surface area contributed by atoms with Crippen LogP contribution in [0.15, 0.2) is 46.0 Å². The fraction of sp³-hybridized carbons (Fsp3) is 0.211. The number of aromatic nitrogens is 2. The van der Waals surface area contributed by atoms with Crippen molar-refractivity contribution in [3.05, 3.63) is 47.5 Å². The van der Waals surface area contributed by atoms with Gasteiger partial charge in [-0.25, -0.2) is 0 Å². The number of benzene rings is 2. The SMILES string of the molecule is Cc1cccc(C)c1OC(=O)CSc1nnc(-c2ccc3c(c2)OCO3)o1. The maximum absolute atomic E-state index is 12.1. The van der Waals surface area contributed by atoms with Crippen molar-refractivity contribution in [1.29, 1.82) is 0 Å². The van der Waals surface area contributed by atoms with E-state index in [4.69, 9.17) is 18.6 Å². The van der Waals surface area contributed by atoms with E-state index in [1.807, 2.05) is 38.1 Å². The maximum atomic E-state index is 12.1. The molecule has 0 spiro atoms. The Hall–Kier alpha value is -3.00. The minimum atomic E-state index is -0.375. The smallest absolute Gasteiger partial charge is 0.321 e. The molecular formula is C19H16N2O5S. The number of esters is 1. The van der Waals surface area contributed by atoms with Crippen LogP contribution in [0.25, 0.3) is 11.5 Å². The number of rotatable bonds is 5. The third-order valence-electron chi connectivity index (χ3n) is 3.96. The van der Waals surface area contributed by atoms with Crippen molar-refractivity contribution in [2.45, 2.75) is 19.1 Å². The highest BCUT2D eigenvalue weighted by molar-refractivity contribution is 7.99. The molecule has 0 fully saturated rings. The van der Waals surface area contributed by atoms with Gasteiger partial charge in [-0.1, -0.05) is 30.0 Å². The third kappa shape index (κ3) is 3.75. The number of hydrogen-bond acceptors (Lipinski definition) is 8. The van der Waals surface area contributed by atoms with Crippen LogP contribution in [0.1, 0.15) is 11.1 Å². The van der Waals surface area contributed by atoms with Crippen molar-refractivity contribution in [2.75, 3.05) is 12.5 Å².